The summed E-state index contributed by atoms with van der Waals surface area (Å²) in [6.45, 7) is 1.48. The molecule has 71 valence electrons. The number of nitrogens with one attached hydrogen (secondary N) is 1. The Bertz CT molecular complexity index is 135. The van der Waals surface area contributed by atoms with Crippen LogP contribution in [0.15, 0.2) is 0 Å². The zero-order valence-corrected chi connectivity index (χ0v) is 6.69. The second-order valence-corrected chi connectivity index (χ2v) is 2.81. The first-order valence-electron chi connectivity index (χ1n) is 3.89. The molecule has 1 aliphatic rings. The van der Waals surface area contributed by atoms with E-state index < -0.39 is 12.6 Å². The predicted molar refractivity (Wildman–Crippen MR) is 39.7 cm³/mol. The molecule has 0 spiro atoms. The number of hydrogen-bond donors (Lipinski definition) is 1. The van der Waals surface area contributed by atoms with Crippen LogP contribution in [0.25, 0.3) is 0 Å². The van der Waals surface area contributed by atoms with Crippen LogP contribution in [0.5, 0.6) is 0 Å². The maximum Gasteiger partial charge on any atom is 0.292 e. The van der Waals surface area contributed by atoms with E-state index in [9.17, 15) is 13.2 Å². The maximum atomic E-state index is 12.4. The first-order valence-corrected chi connectivity index (χ1v) is 3.89. The zero-order chi connectivity index (χ0) is 9.03. The normalized spacial score (nSPS) is 21.2. The van der Waals surface area contributed by atoms with Crippen LogP contribution in [0, 0.1) is 6.54 Å². The Labute approximate surface area is 69.7 Å². The van der Waals surface area contributed by atoms with E-state index in [1.807, 2.05) is 0 Å². The Kier molecular flexibility index (Phi) is 3.34. The summed E-state index contributed by atoms with van der Waals surface area (Å²) < 4.78 is 36.6. The van der Waals surface area contributed by atoms with Gasteiger partial charge in [-0.1, -0.05) is 0 Å². The molecular weight excluding hydrogens is 169 g/mol. The fourth-order valence-corrected chi connectivity index (χ4v) is 1.11. The van der Waals surface area contributed by atoms with Crippen molar-refractivity contribution in [1.29, 1.82) is 0 Å². The van der Waals surface area contributed by atoms with E-state index in [2.05, 4.69) is 5.32 Å². The van der Waals surface area contributed by atoms with Crippen molar-refractivity contribution in [2.24, 2.45) is 0 Å². The molecule has 0 saturated carbocycles. The molecule has 1 radical (unpaired) electrons. The highest BCUT2D eigenvalue weighted by Gasteiger charge is 2.32. The fourth-order valence-electron chi connectivity index (χ4n) is 1.11. The van der Waals surface area contributed by atoms with Crippen molar-refractivity contribution in [2.75, 3.05) is 32.9 Å². The van der Waals surface area contributed by atoms with E-state index in [1.165, 1.54) is 4.90 Å². The van der Waals surface area contributed by atoms with Crippen LogP contribution in [0.3, 0.4) is 0 Å². The van der Waals surface area contributed by atoms with Crippen molar-refractivity contribution in [3.63, 3.8) is 0 Å². The van der Waals surface area contributed by atoms with Gasteiger partial charge in [0.25, 0.3) is 5.92 Å². The molecule has 0 amide bonds. The average molecular weight is 181 g/mol. The molecule has 0 atom stereocenters. The Morgan fingerprint density at radius 1 is 1.33 bits per heavy atom. The minimum atomic E-state index is -3.29. The summed E-state index contributed by atoms with van der Waals surface area (Å²) in [7, 11) is 0. The van der Waals surface area contributed by atoms with Gasteiger partial charge in [-0.15, -0.1) is 0 Å². The van der Waals surface area contributed by atoms with E-state index in [1.54, 1.807) is 0 Å². The summed E-state index contributed by atoms with van der Waals surface area (Å²) in [5.74, 6) is -3.29. The van der Waals surface area contributed by atoms with E-state index >= 15 is 0 Å². The number of nitrogens with zero attached hydrogens (tertiary/aromatic N) is 1. The predicted octanol–water partition coefficient (Wildman–Crippen LogP) is 0.658. The molecule has 1 heterocycles. The van der Waals surface area contributed by atoms with E-state index in [-0.39, 0.29) is 0 Å². The highest BCUT2D eigenvalue weighted by Crippen LogP contribution is 2.20. The van der Waals surface area contributed by atoms with Crippen molar-refractivity contribution in [3.8, 4) is 0 Å². The lowest BCUT2D eigenvalue weighted by Gasteiger charge is -2.28. The molecule has 5 heteroatoms. The van der Waals surface area contributed by atoms with Crippen molar-refractivity contribution >= 4 is 0 Å². The fraction of sp³-hybridized carbons (Fsp3) is 0.857. The summed E-state index contributed by atoms with van der Waals surface area (Å²) in [5, 5.41) is 3.02. The summed E-state index contributed by atoms with van der Waals surface area (Å²) >= 11 is 0. The molecule has 0 unspecified atom stereocenters. The largest absolute Gasteiger partial charge is 0.314 e. The second kappa shape index (κ2) is 4.09. The van der Waals surface area contributed by atoms with Gasteiger partial charge in [0.05, 0.1) is 6.54 Å². The minimum absolute atomic E-state index is 0.523. The van der Waals surface area contributed by atoms with Crippen molar-refractivity contribution in [1.82, 2.24) is 10.2 Å². The van der Waals surface area contributed by atoms with E-state index in [0.29, 0.717) is 32.7 Å². The van der Waals surface area contributed by atoms with E-state index in [0.717, 1.165) is 0 Å². The van der Waals surface area contributed by atoms with E-state index in [4.69, 9.17) is 0 Å². The van der Waals surface area contributed by atoms with Crippen LogP contribution in [0.2, 0.25) is 0 Å². The van der Waals surface area contributed by atoms with Crippen molar-refractivity contribution in [2.45, 2.75) is 5.92 Å². The van der Waals surface area contributed by atoms with Gasteiger partial charge in [0.2, 0.25) is 0 Å². The van der Waals surface area contributed by atoms with Gasteiger partial charge in [-0.05, 0) is 0 Å². The average Bonchev–Trinajstić information content (AvgIpc) is 2.06. The Balaban J connectivity index is 2.28. The summed E-state index contributed by atoms with van der Waals surface area (Å²) in [4.78, 5) is 1.45. The number of halogens is 3. The van der Waals surface area contributed by atoms with Crippen LogP contribution in [-0.4, -0.2) is 43.7 Å². The topological polar surface area (TPSA) is 15.3 Å². The molecule has 12 heavy (non-hydrogen) atoms. The van der Waals surface area contributed by atoms with Crippen molar-refractivity contribution in [3.05, 3.63) is 6.54 Å². The number of alkyl halides is 3. The highest BCUT2D eigenvalue weighted by atomic mass is 19.3. The number of rotatable bonds is 3. The molecule has 0 aliphatic carbocycles. The van der Waals surface area contributed by atoms with Crippen LogP contribution < -0.4 is 5.32 Å². The van der Waals surface area contributed by atoms with Gasteiger partial charge in [-0.25, -0.2) is 13.2 Å². The SMILES string of the molecule is FCC(F)(F)[CH]N1CCNCC1. The molecule has 1 saturated heterocycles. The zero-order valence-electron chi connectivity index (χ0n) is 6.69. The molecule has 0 aromatic heterocycles. The van der Waals surface area contributed by atoms with Gasteiger partial charge in [0, 0.05) is 26.2 Å². The van der Waals surface area contributed by atoms with Gasteiger partial charge in [0.15, 0.2) is 6.67 Å². The monoisotopic (exact) mass is 181 g/mol. The first-order chi connectivity index (χ1) is 5.64. The van der Waals surface area contributed by atoms with Crippen LogP contribution >= 0.6 is 0 Å². The molecule has 0 aromatic carbocycles. The van der Waals surface area contributed by atoms with Crippen molar-refractivity contribution < 1.29 is 13.2 Å². The van der Waals surface area contributed by atoms with Crippen LogP contribution in [0.4, 0.5) is 13.2 Å². The summed E-state index contributed by atoms with van der Waals surface area (Å²) in [6, 6.07) is 0. The third-order valence-corrected chi connectivity index (χ3v) is 1.70. The van der Waals surface area contributed by atoms with Crippen LogP contribution in [0.1, 0.15) is 0 Å². The quantitative estimate of drug-likeness (QED) is 0.688. The second-order valence-electron chi connectivity index (χ2n) is 2.81. The third-order valence-electron chi connectivity index (χ3n) is 1.70. The molecule has 1 N–H and O–H groups in total. The summed E-state index contributed by atoms with van der Waals surface area (Å²) in [6.07, 6.45) is 0. The van der Waals surface area contributed by atoms with Crippen LogP contribution in [-0.2, 0) is 0 Å². The number of piperazine rings is 1. The van der Waals surface area contributed by atoms with Gasteiger partial charge in [-0.2, -0.15) is 0 Å². The molecular formula is C7H12F3N2. The molecule has 2 nitrogen and oxygen atoms in total. The van der Waals surface area contributed by atoms with Gasteiger partial charge >= 0.3 is 0 Å². The minimum Gasteiger partial charge on any atom is -0.314 e. The highest BCUT2D eigenvalue weighted by molar-refractivity contribution is 4.86. The third kappa shape index (κ3) is 2.98. The lowest BCUT2D eigenvalue weighted by Crippen LogP contribution is -2.45. The lowest BCUT2D eigenvalue weighted by molar-refractivity contribution is -0.0191. The number of hydrogen-bond acceptors (Lipinski definition) is 2. The Morgan fingerprint density at radius 3 is 2.42 bits per heavy atom. The van der Waals surface area contributed by atoms with Gasteiger partial charge < -0.3 is 5.32 Å². The molecule has 1 rings (SSSR count). The summed E-state index contributed by atoms with van der Waals surface area (Å²) in [5.41, 5.74) is 0. The standard InChI is InChI=1S/C7H12F3N2/c8-5-7(9,10)6-12-3-1-11-2-4-12/h6,11H,1-5H2. The smallest absolute Gasteiger partial charge is 0.292 e. The Morgan fingerprint density at radius 2 is 1.92 bits per heavy atom. The van der Waals surface area contributed by atoms with Gasteiger partial charge in [-0.3, -0.25) is 4.90 Å². The molecule has 1 fully saturated rings. The van der Waals surface area contributed by atoms with Gasteiger partial charge in [0.1, 0.15) is 0 Å². The maximum absolute atomic E-state index is 12.4. The molecule has 1 aliphatic heterocycles. The molecule has 0 aromatic rings. The lowest BCUT2D eigenvalue weighted by atomic mass is 10.3. The Hall–Kier alpha value is -0.290. The molecule has 0 bridgehead atoms. The first kappa shape index (κ1) is 9.80.